The lowest BCUT2D eigenvalue weighted by Crippen LogP contribution is -2.47. The minimum absolute atomic E-state index is 0.107. The topological polar surface area (TPSA) is 60.2 Å². The molecule has 1 aliphatic rings. The van der Waals surface area contributed by atoms with Crippen LogP contribution in [0.5, 0.6) is 0 Å². The van der Waals surface area contributed by atoms with Gasteiger partial charge in [-0.1, -0.05) is 41.9 Å². The monoisotopic (exact) mass is 325 g/mol. The Morgan fingerprint density at radius 3 is 2.42 bits per heavy atom. The maximum absolute atomic E-state index is 11.9. The maximum Gasteiger partial charge on any atom is 0.225 e. The van der Waals surface area contributed by atoms with Crippen LogP contribution in [0.15, 0.2) is 28.7 Å². The molecule has 1 fully saturated rings. The van der Waals surface area contributed by atoms with Gasteiger partial charge in [0.1, 0.15) is 5.78 Å². The highest BCUT2D eigenvalue weighted by atomic mass is 79.9. The van der Waals surface area contributed by atoms with Crippen molar-refractivity contribution >= 4 is 21.7 Å². The Morgan fingerprint density at radius 2 is 1.89 bits per heavy atom. The number of halogens is 1. The standard InChI is InChI=1S/C14H16BrNO3/c1-14(2)8-11(17)7-12(13(14)16(18)19)9-3-5-10(15)6-4-9/h3-6,12-13H,7-8H2,1-2H3. The Labute approximate surface area is 120 Å². The number of benzene rings is 1. The van der Waals surface area contributed by atoms with Crippen molar-refractivity contribution in [2.75, 3.05) is 0 Å². The number of carbonyl (C=O) groups is 1. The molecule has 2 unspecified atom stereocenters. The zero-order chi connectivity index (χ0) is 14.2. The predicted molar refractivity (Wildman–Crippen MR) is 75.7 cm³/mol. The Kier molecular flexibility index (Phi) is 3.76. The van der Waals surface area contributed by atoms with Crippen LogP contribution in [-0.4, -0.2) is 16.7 Å². The molecule has 1 aromatic carbocycles. The van der Waals surface area contributed by atoms with Gasteiger partial charge < -0.3 is 0 Å². The van der Waals surface area contributed by atoms with E-state index in [9.17, 15) is 14.9 Å². The summed E-state index contributed by atoms with van der Waals surface area (Å²) in [6.07, 6.45) is 0.544. The van der Waals surface area contributed by atoms with Gasteiger partial charge in [-0.05, 0) is 17.7 Å². The first kappa shape index (κ1) is 14.2. The first-order valence-corrected chi connectivity index (χ1v) is 7.01. The second-order valence-corrected chi connectivity index (χ2v) is 6.71. The molecule has 1 aliphatic carbocycles. The molecule has 0 saturated heterocycles. The molecule has 102 valence electrons. The van der Waals surface area contributed by atoms with Crippen LogP contribution >= 0.6 is 15.9 Å². The van der Waals surface area contributed by atoms with E-state index in [1.807, 2.05) is 38.1 Å². The number of rotatable bonds is 2. The number of hydrogen-bond donors (Lipinski definition) is 0. The van der Waals surface area contributed by atoms with Gasteiger partial charge in [-0.25, -0.2) is 0 Å². The highest BCUT2D eigenvalue weighted by Crippen LogP contribution is 2.43. The maximum atomic E-state index is 11.9. The molecule has 1 aromatic rings. The molecule has 0 amide bonds. The van der Waals surface area contributed by atoms with Gasteiger partial charge >= 0.3 is 0 Å². The van der Waals surface area contributed by atoms with Crippen LogP contribution in [0.2, 0.25) is 0 Å². The molecule has 0 spiro atoms. The number of nitrogens with zero attached hydrogens (tertiary/aromatic N) is 1. The lowest BCUT2D eigenvalue weighted by molar-refractivity contribution is -0.546. The molecule has 0 aromatic heterocycles. The minimum atomic E-state index is -0.716. The van der Waals surface area contributed by atoms with Crippen LogP contribution in [0.3, 0.4) is 0 Å². The zero-order valence-electron chi connectivity index (χ0n) is 10.9. The van der Waals surface area contributed by atoms with Crippen molar-refractivity contribution in [3.8, 4) is 0 Å². The molecule has 1 saturated carbocycles. The van der Waals surface area contributed by atoms with Gasteiger partial charge in [0.25, 0.3) is 0 Å². The van der Waals surface area contributed by atoms with Crippen molar-refractivity contribution < 1.29 is 9.72 Å². The number of hydrogen-bond acceptors (Lipinski definition) is 3. The van der Waals surface area contributed by atoms with E-state index in [1.165, 1.54) is 0 Å². The minimum Gasteiger partial charge on any atom is -0.300 e. The van der Waals surface area contributed by atoms with Crippen molar-refractivity contribution in [1.82, 2.24) is 0 Å². The van der Waals surface area contributed by atoms with Gasteiger partial charge in [0.2, 0.25) is 6.04 Å². The predicted octanol–water partition coefficient (Wildman–Crippen LogP) is 3.57. The molecule has 0 aliphatic heterocycles. The molecule has 0 N–H and O–H groups in total. The molecular formula is C14H16BrNO3. The van der Waals surface area contributed by atoms with Crippen LogP contribution < -0.4 is 0 Å². The smallest absolute Gasteiger partial charge is 0.225 e. The zero-order valence-corrected chi connectivity index (χ0v) is 12.5. The average molecular weight is 326 g/mol. The van der Waals surface area contributed by atoms with E-state index < -0.39 is 11.5 Å². The molecular weight excluding hydrogens is 310 g/mol. The van der Waals surface area contributed by atoms with Gasteiger partial charge in [0, 0.05) is 27.7 Å². The molecule has 5 heteroatoms. The van der Waals surface area contributed by atoms with E-state index in [2.05, 4.69) is 15.9 Å². The van der Waals surface area contributed by atoms with Crippen LogP contribution in [0.4, 0.5) is 0 Å². The molecule has 0 bridgehead atoms. The fraction of sp³-hybridized carbons (Fsp3) is 0.500. The SMILES string of the molecule is CC1(C)CC(=O)CC(c2ccc(Br)cc2)C1[N+](=O)[O-]. The summed E-state index contributed by atoms with van der Waals surface area (Å²) in [5.74, 6) is -0.227. The molecule has 4 nitrogen and oxygen atoms in total. The van der Waals surface area contributed by atoms with Crippen LogP contribution in [0.25, 0.3) is 0 Å². The second-order valence-electron chi connectivity index (χ2n) is 5.80. The van der Waals surface area contributed by atoms with E-state index in [4.69, 9.17) is 0 Å². The summed E-state index contributed by atoms with van der Waals surface area (Å²) in [5, 5.41) is 11.4. The molecule has 2 rings (SSSR count). The highest BCUT2D eigenvalue weighted by Gasteiger charge is 2.50. The lowest BCUT2D eigenvalue weighted by atomic mass is 9.66. The number of carbonyl (C=O) groups excluding carboxylic acids is 1. The third kappa shape index (κ3) is 2.86. The first-order chi connectivity index (χ1) is 8.81. The van der Waals surface area contributed by atoms with Gasteiger partial charge in [0.15, 0.2) is 0 Å². The van der Waals surface area contributed by atoms with Crippen LogP contribution in [0.1, 0.15) is 38.2 Å². The van der Waals surface area contributed by atoms with Gasteiger partial charge in [-0.3, -0.25) is 14.9 Å². The van der Waals surface area contributed by atoms with Crippen LogP contribution in [-0.2, 0) is 4.79 Å². The molecule has 0 radical (unpaired) electrons. The van der Waals surface area contributed by atoms with Gasteiger partial charge in [0.05, 0.1) is 5.92 Å². The Bertz CT molecular complexity index is 510. The summed E-state index contributed by atoms with van der Waals surface area (Å²) in [7, 11) is 0. The molecule has 19 heavy (non-hydrogen) atoms. The van der Waals surface area contributed by atoms with Crippen molar-refractivity contribution in [2.45, 2.75) is 38.6 Å². The number of Topliss-reactive ketones (excluding diaryl/α,β-unsaturated/α-hetero) is 1. The fourth-order valence-corrected chi connectivity index (χ4v) is 3.29. The second kappa shape index (κ2) is 5.04. The summed E-state index contributed by atoms with van der Waals surface area (Å²) < 4.78 is 0.926. The summed E-state index contributed by atoms with van der Waals surface area (Å²) in [6, 6.07) is 6.72. The van der Waals surface area contributed by atoms with E-state index in [1.54, 1.807) is 0 Å². The quantitative estimate of drug-likeness (QED) is 0.617. The fourth-order valence-electron chi connectivity index (χ4n) is 3.03. The van der Waals surface area contributed by atoms with Gasteiger partial charge in [-0.2, -0.15) is 0 Å². The third-order valence-electron chi connectivity index (χ3n) is 3.81. The van der Waals surface area contributed by atoms with Crippen LogP contribution in [0, 0.1) is 15.5 Å². The highest BCUT2D eigenvalue weighted by molar-refractivity contribution is 9.10. The third-order valence-corrected chi connectivity index (χ3v) is 4.34. The molecule has 2 atom stereocenters. The lowest BCUT2D eigenvalue weighted by Gasteiger charge is -2.37. The summed E-state index contributed by atoms with van der Waals surface area (Å²) in [6.45, 7) is 3.62. The van der Waals surface area contributed by atoms with Gasteiger partial charge in [-0.15, -0.1) is 0 Å². The van der Waals surface area contributed by atoms with E-state index in [0.717, 1.165) is 10.0 Å². The Morgan fingerprint density at radius 1 is 1.32 bits per heavy atom. The largest absolute Gasteiger partial charge is 0.300 e. The Balaban J connectivity index is 2.42. The van der Waals surface area contributed by atoms with Crippen molar-refractivity contribution in [3.63, 3.8) is 0 Å². The first-order valence-electron chi connectivity index (χ1n) is 6.22. The molecule has 0 heterocycles. The Hall–Kier alpha value is -1.23. The van der Waals surface area contributed by atoms with E-state index in [-0.39, 0.29) is 29.5 Å². The summed E-state index contributed by atoms with van der Waals surface area (Å²) in [4.78, 5) is 23.1. The average Bonchev–Trinajstić information content (AvgIpc) is 2.26. The summed E-state index contributed by atoms with van der Waals surface area (Å²) >= 11 is 3.35. The number of ketones is 1. The van der Waals surface area contributed by atoms with Crippen molar-refractivity contribution in [3.05, 3.63) is 44.4 Å². The van der Waals surface area contributed by atoms with Crippen molar-refractivity contribution in [1.29, 1.82) is 0 Å². The van der Waals surface area contributed by atoms with E-state index in [0.29, 0.717) is 0 Å². The normalized spacial score (nSPS) is 26.2. The summed E-state index contributed by atoms with van der Waals surface area (Å²) in [5.41, 5.74) is 0.266. The van der Waals surface area contributed by atoms with Crippen molar-refractivity contribution in [2.24, 2.45) is 5.41 Å². The van der Waals surface area contributed by atoms with E-state index >= 15 is 0 Å². The number of nitro groups is 1.